The minimum atomic E-state index is 0.250. The van der Waals surface area contributed by atoms with Crippen molar-refractivity contribution in [3.63, 3.8) is 0 Å². The van der Waals surface area contributed by atoms with Crippen LogP contribution in [0.2, 0.25) is 0 Å². The zero-order valence-corrected chi connectivity index (χ0v) is 6.49. The zero-order chi connectivity index (χ0) is 8.55. The van der Waals surface area contributed by atoms with Crippen molar-refractivity contribution in [1.29, 1.82) is 0 Å². The molecule has 0 bridgehead atoms. The lowest BCUT2D eigenvalue weighted by atomic mass is 10.1. The third kappa shape index (κ3) is 1.03. The Hall–Kier alpha value is -1.50. The van der Waals surface area contributed by atoms with Crippen molar-refractivity contribution in [3.8, 4) is 5.75 Å². The van der Waals surface area contributed by atoms with Crippen LogP contribution in [-0.4, -0.2) is 5.11 Å². The zero-order valence-electron chi connectivity index (χ0n) is 6.49. The molecule has 2 aromatic carbocycles. The molecule has 0 aliphatic heterocycles. The van der Waals surface area contributed by atoms with Crippen LogP contribution in [0.25, 0.3) is 10.8 Å². The molecule has 0 atom stereocenters. The summed E-state index contributed by atoms with van der Waals surface area (Å²) in [5.74, 6) is 0.250. The lowest BCUT2D eigenvalue weighted by Crippen LogP contribution is -1.76. The van der Waals surface area contributed by atoms with E-state index in [9.17, 15) is 5.11 Å². The number of fused-ring (bicyclic) bond motifs is 1. The maximum Gasteiger partial charge on any atom is 0.116 e. The van der Waals surface area contributed by atoms with Crippen molar-refractivity contribution in [1.82, 2.24) is 0 Å². The fraction of sp³-hybridized carbons (Fsp3) is 0. The van der Waals surface area contributed by atoms with E-state index in [1.54, 1.807) is 12.1 Å². The van der Waals surface area contributed by atoms with Gasteiger partial charge >= 0.3 is 0 Å². The predicted octanol–water partition coefficient (Wildman–Crippen LogP) is 2.60. The van der Waals surface area contributed by atoms with Gasteiger partial charge in [-0.1, -0.05) is 24.3 Å². The molecule has 0 fully saturated rings. The molecular weight excluding hydrogens is 148 g/mol. The van der Waals surface area contributed by atoms with Crippen molar-refractivity contribution in [2.75, 3.05) is 0 Å². The van der Waals surface area contributed by atoms with Gasteiger partial charge in [0.25, 0.3) is 0 Å². The quantitative estimate of drug-likeness (QED) is 0.621. The monoisotopic (exact) mass is 156 g/mol. The third-order valence-corrected chi connectivity index (χ3v) is 1.90. The van der Waals surface area contributed by atoms with Crippen LogP contribution in [0.3, 0.4) is 0 Å². The summed E-state index contributed by atoms with van der Waals surface area (Å²) < 4.78 is 0. The first-order chi connectivity index (χ1) is 5.77. The summed E-state index contributed by atoms with van der Waals surface area (Å²) in [4.78, 5) is 0. The molecule has 2 rings (SSSR count). The van der Waals surface area contributed by atoms with Crippen LogP contribution >= 0.6 is 0 Å². The van der Waals surface area contributed by atoms with Gasteiger partial charge in [0.2, 0.25) is 0 Å². The van der Waals surface area contributed by atoms with Gasteiger partial charge in [0.05, 0.1) is 0 Å². The molecule has 2 aromatic rings. The second-order valence-corrected chi connectivity index (χ2v) is 2.75. The van der Waals surface area contributed by atoms with E-state index in [2.05, 4.69) is 0 Å². The molecule has 0 aromatic heterocycles. The van der Waals surface area contributed by atoms with Gasteiger partial charge in [0, 0.05) is 0 Å². The van der Waals surface area contributed by atoms with Gasteiger partial charge in [-0.3, -0.25) is 0 Å². The molecule has 1 N–H and O–H groups in total. The molecule has 0 unspecified atom stereocenters. The molecule has 0 aliphatic carbocycles. The SMILES string of the molecule is [CH]c1cccc2ccc(O)cc12. The normalized spacial score (nSPS) is 10.4. The maximum absolute atomic E-state index is 9.20. The Balaban J connectivity index is 2.88. The Morgan fingerprint density at radius 3 is 2.75 bits per heavy atom. The van der Waals surface area contributed by atoms with Crippen molar-refractivity contribution in [2.24, 2.45) is 0 Å². The van der Waals surface area contributed by atoms with Gasteiger partial charge in [-0.15, -0.1) is 0 Å². The van der Waals surface area contributed by atoms with Gasteiger partial charge in [0.15, 0.2) is 0 Å². The highest BCUT2D eigenvalue weighted by Crippen LogP contribution is 2.22. The first kappa shape index (κ1) is 7.17. The highest BCUT2D eigenvalue weighted by atomic mass is 16.3. The molecular formula is C11H8O. The summed E-state index contributed by atoms with van der Waals surface area (Å²) in [7, 11) is 0. The largest absolute Gasteiger partial charge is 0.508 e. The summed E-state index contributed by atoms with van der Waals surface area (Å²) in [6.07, 6.45) is 0. The minimum absolute atomic E-state index is 0.250. The molecule has 2 radical (unpaired) electrons. The number of benzene rings is 2. The van der Waals surface area contributed by atoms with Crippen LogP contribution in [0.15, 0.2) is 36.4 Å². The summed E-state index contributed by atoms with van der Waals surface area (Å²) in [5, 5.41) is 11.1. The summed E-state index contributed by atoms with van der Waals surface area (Å²) in [6, 6.07) is 10.9. The molecule has 0 saturated carbocycles. The number of phenols is 1. The molecule has 0 amide bonds. The van der Waals surface area contributed by atoms with Crippen LogP contribution in [0.4, 0.5) is 0 Å². The summed E-state index contributed by atoms with van der Waals surface area (Å²) >= 11 is 0. The topological polar surface area (TPSA) is 20.2 Å². The average Bonchev–Trinajstić information content (AvgIpc) is 2.07. The number of hydrogen-bond acceptors (Lipinski definition) is 1. The third-order valence-electron chi connectivity index (χ3n) is 1.90. The molecule has 0 aliphatic rings. The predicted molar refractivity (Wildman–Crippen MR) is 49.0 cm³/mol. The molecule has 0 saturated heterocycles. The first-order valence-corrected chi connectivity index (χ1v) is 3.74. The van der Waals surface area contributed by atoms with E-state index in [4.69, 9.17) is 6.92 Å². The van der Waals surface area contributed by atoms with Crippen LogP contribution in [0, 0.1) is 6.92 Å². The molecule has 1 nitrogen and oxygen atoms in total. The molecule has 0 spiro atoms. The van der Waals surface area contributed by atoms with Crippen LogP contribution < -0.4 is 0 Å². The average molecular weight is 156 g/mol. The Labute approximate surface area is 71.3 Å². The Kier molecular flexibility index (Phi) is 1.51. The minimum Gasteiger partial charge on any atom is -0.508 e. The first-order valence-electron chi connectivity index (χ1n) is 3.74. The number of rotatable bonds is 0. The highest BCUT2D eigenvalue weighted by Gasteiger charge is 1.96. The second-order valence-electron chi connectivity index (χ2n) is 2.75. The number of aromatic hydroxyl groups is 1. The van der Waals surface area contributed by atoms with E-state index in [-0.39, 0.29) is 5.75 Å². The van der Waals surface area contributed by atoms with E-state index >= 15 is 0 Å². The van der Waals surface area contributed by atoms with Gasteiger partial charge in [0.1, 0.15) is 5.75 Å². The molecule has 0 heterocycles. The van der Waals surface area contributed by atoms with Crippen molar-refractivity contribution < 1.29 is 5.11 Å². The van der Waals surface area contributed by atoms with Gasteiger partial charge in [-0.2, -0.15) is 0 Å². The van der Waals surface area contributed by atoms with E-state index in [0.717, 1.165) is 10.8 Å². The smallest absolute Gasteiger partial charge is 0.116 e. The molecule has 1 heteroatoms. The Bertz CT molecular complexity index is 418. The van der Waals surface area contributed by atoms with Crippen molar-refractivity contribution in [3.05, 3.63) is 48.9 Å². The van der Waals surface area contributed by atoms with E-state index in [1.807, 2.05) is 24.3 Å². The van der Waals surface area contributed by atoms with Crippen LogP contribution in [0.5, 0.6) is 5.75 Å². The Morgan fingerprint density at radius 2 is 1.92 bits per heavy atom. The van der Waals surface area contributed by atoms with E-state index in [0.29, 0.717) is 5.56 Å². The van der Waals surface area contributed by atoms with E-state index < -0.39 is 0 Å². The van der Waals surface area contributed by atoms with Crippen molar-refractivity contribution >= 4 is 10.8 Å². The molecule has 12 heavy (non-hydrogen) atoms. The lowest BCUT2D eigenvalue weighted by Gasteiger charge is -2.00. The molecule has 58 valence electrons. The number of phenolic OH excluding ortho intramolecular Hbond substituents is 1. The maximum atomic E-state index is 9.20. The second kappa shape index (κ2) is 2.52. The number of hydrogen-bond donors (Lipinski definition) is 1. The van der Waals surface area contributed by atoms with Crippen molar-refractivity contribution in [2.45, 2.75) is 0 Å². The summed E-state index contributed by atoms with van der Waals surface area (Å²) in [5.41, 5.74) is 0.698. The van der Waals surface area contributed by atoms with E-state index in [1.165, 1.54) is 0 Å². The van der Waals surface area contributed by atoms with Crippen LogP contribution in [0.1, 0.15) is 5.56 Å². The summed E-state index contributed by atoms with van der Waals surface area (Å²) in [6.45, 7) is 5.71. The van der Waals surface area contributed by atoms with Gasteiger partial charge < -0.3 is 5.11 Å². The highest BCUT2D eigenvalue weighted by molar-refractivity contribution is 5.87. The van der Waals surface area contributed by atoms with Gasteiger partial charge in [-0.25, -0.2) is 0 Å². The fourth-order valence-corrected chi connectivity index (χ4v) is 1.28. The fourth-order valence-electron chi connectivity index (χ4n) is 1.28. The van der Waals surface area contributed by atoms with Crippen LogP contribution in [-0.2, 0) is 0 Å². The lowest BCUT2D eigenvalue weighted by molar-refractivity contribution is 0.476. The Morgan fingerprint density at radius 1 is 1.08 bits per heavy atom. The van der Waals surface area contributed by atoms with Gasteiger partial charge in [-0.05, 0) is 35.4 Å². The standard InChI is InChI=1S/C11H8O/c1-8-3-2-4-9-5-6-10(12)7-11(8)9/h1-7,12H.